The minimum atomic E-state index is -0.954. The van der Waals surface area contributed by atoms with Gasteiger partial charge in [0.05, 0.1) is 29.7 Å². The minimum Gasteiger partial charge on any atom is -0.489 e. The van der Waals surface area contributed by atoms with Gasteiger partial charge in [-0.25, -0.2) is 14.5 Å². The number of aromatic nitrogens is 4. The molecule has 0 radical (unpaired) electrons. The van der Waals surface area contributed by atoms with Gasteiger partial charge < -0.3 is 19.5 Å². The second kappa shape index (κ2) is 11.1. The van der Waals surface area contributed by atoms with E-state index in [0.29, 0.717) is 11.4 Å². The Morgan fingerprint density at radius 1 is 1.13 bits per heavy atom. The van der Waals surface area contributed by atoms with Crippen molar-refractivity contribution in [2.24, 2.45) is 4.99 Å². The predicted molar refractivity (Wildman–Crippen MR) is 152 cm³/mol. The van der Waals surface area contributed by atoms with Gasteiger partial charge in [-0.2, -0.15) is 5.10 Å². The number of aliphatic imine (C=N–C) groups is 1. The highest BCUT2D eigenvalue weighted by Gasteiger charge is 2.22. The van der Waals surface area contributed by atoms with E-state index in [0.717, 1.165) is 59.7 Å². The first-order valence-corrected chi connectivity index (χ1v) is 12.9. The van der Waals surface area contributed by atoms with E-state index in [9.17, 15) is 5.11 Å². The molecule has 0 bridgehead atoms. The molecule has 0 atom stereocenters. The Kier molecular flexibility index (Phi) is 7.48. The number of terminal acetylenes is 1. The zero-order valence-electron chi connectivity index (χ0n) is 22.4. The van der Waals surface area contributed by atoms with E-state index >= 15 is 0 Å². The largest absolute Gasteiger partial charge is 0.489 e. The van der Waals surface area contributed by atoms with Crippen LogP contribution in [0.4, 0.5) is 5.82 Å². The van der Waals surface area contributed by atoms with Gasteiger partial charge >= 0.3 is 0 Å². The topological polar surface area (TPSA) is 97.4 Å². The van der Waals surface area contributed by atoms with Crippen LogP contribution in [0.1, 0.15) is 37.9 Å². The molecule has 4 aromatic heterocycles. The van der Waals surface area contributed by atoms with Gasteiger partial charge in [0.2, 0.25) is 0 Å². The van der Waals surface area contributed by atoms with Crippen LogP contribution in [0.5, 0.6) is 11.5 Å². The highest BCUT2D eigenvalue weighted by Crippen LogP contribution is 2.32. The molecule has 0 unspecified atom stereocenters. The monoisotopic (exact) mass is 524 g/mol. The lowest BCUT2D eigenvalue weighted by atomic mass is 10.0. The van der Waals surface area contributed by atoms with Crippen LogP contribution in [0.15, 0.2) is 60.1 Å². The molecule has 9 heteroatoms. The molecule has 1 N–H and O–H groups in total. The van der Waals surface area contributed by atoms with Gasteiger partial charge in [0.1, 0.15) is 35.7 Å². The molecule has 200 valence electrons. The van der Waals surface area contributed by atoms with Crippen molar-refractivity contribution >= 4 is 17.5 Å². The molecule has 0 spiro atoms. The van der Waals surface area contributed by atoms with Crippen molar-refractivity contribution in [3.05, 3.63) is 66.4 Å². The van der Waals surface area contributed by atoms with Crippen molar-refractivity contribution in [2.75, 3.05) is 31.6 Å². The summed E-state index contributed by atoms with van der Waals surface area (Å²) in [5, 5.41) is 14.6. The number of rotatable bonds is 8. The molecule has 0 aromatic carbocycles. The summed E-state index contributed by atoms with van der Waals surface area (Å²) in [6.45, 7) is 5.27. The molecule has 4 aromatic rings. The normalized spacial score (nSPS) is 14.6. The van der Waals surface area contributed by atoms with E-state index in [1.807, 2.05) is 30.6 Å². The Morgan fingerprint density at radius 3 is 2.59 bits per heavy atom. The van der Waals surface area contributed by atoms with Crippen LogP contribution in [0.3, 0.4) is 0 Å². The SMILES string of the molecule is C#Cc1ccc(OC2CCN(c3ccc(-c4cc(OCC(C)(C)O)cn5ncc(/C=N\C)c45)cn3)CC2)cn1. The maximum Gasteiger partial charge on any atom is 0.138 e. The molecule has 39 heavy (non-hydrogen) atoms. The Labute approximate surface area is 228 Å². The van der Waals surface area contributed by atoms with Crippen LogP contribution >= 0.6 is 0 Å². The molecule has 1 aliphatic heterocycles. The van der Waals surface area contributed by atoms with Crippen LogP contribution in [0, 0.1) is 12.3 Å². The number of nitrogens with zero attached hydrogens (tertiary/aromatic N) is 6. The molecule has 0 amide bonds. The Bertz CT molecular complexity index is 1490. The van der Waals surface area contributed by atoms with Crippen LogP contribution in [-0.2, 0) is 0 Å². The molecule has 1 saturated heterocycles. The van der Waals surface area contributed by atoms with Crippen molar-refractivity contribution in [2.45, 2.75) is 38.4 Å². The third-order valence-corrected chi connectivity index (χ3v) is 6.49. The average Bonchev–Trinajstić information content (AvgIpc) is 3.35. The minimum absolute atomic E-state index is 0.124. The summed E-state index contributed by atoms with van der Waals surface area (Å²) >= 11 is 0. The van der Waals surface area contributed by atoms with Crippen molar-refractivity contribution in [1.82, 2.24) is 19.6 Å². The second-order valence-corrected chi connectivity index (χ2v) is 10.2. The van der Waals surface area contributed by atoms with Crippen LogP contribution < -0.4 is 14.4 Å². The highest BCUT2D eigenvalue weighted by atomic mass is 16.5. The van der Waals surface area contributed by atoms with Crippen LogP contribution in [0.25, 0.3) is 16.6 Å². The summed E-state index contributed by atoms with van der Waals surface area (Å²) in [5.41, 5.74) is 3.31. The maximum atomic E-state index is 10.1. The molecule has 1 aliphatic rings. The van der Waals surface area contributed by atoms with Crippen molar-refractivity contribution in [3.8, 4) is 35.0 Å². The second-order valence-electron chi connectivity index (χ2n) is 10.2. The van der Waals surface area contributed by atoms with Crippen LogP contribution in [-0.4, -0.2) is 69.4 Å². The van der Waals surface area contributed by atoms with Gasteiger partial charge in [-0.1, -0.05) is 5.92 Å². The van der Waals surface area contributed by atoms with Gasteiger partial charge in [0, 0.05) is 62.1 Å². The third kappa shape index (κ3) is 6.19. The number of pyridine rings is 3. The molecule has 5 rings (SSSR count). The van der Waals surface area contributed by atoms with Gasteiger partial charge in [-0.15, -0.1) is 6.42 Å². The number of ether oxygens (including phenoxy) is 2. The summed E-state index contributed by atoms with van der Waals surface area (Å²) in [5.74, 6) is 4.79. The van der Waals surface area contributed by atoms with Gasteiger partial charge in [0.25, 0.3) is 0 Å². The van der Waals surface area contributed by atoms with E-state index in [4.69, 9.17) is 20.9 Å². The standard InChI is InChI=1S/C30H32N6O3/c1-5-23-7-8-25(18-32-23)39-24-10-12-35(13-11-24)28-9-6-21(16-33-28)27-14-26(38-20-30(2,3)37)19-36-29(27)22(15-31-4)17-34-36/h1,6-9,14-19,24,37H,10-13,20H2,2-4H3/b31-15-. The fraction of sp³-hybridized carbons (Fsp3) is 0.333. The van der Waals surface area contributed by atoms with Crippen molar-refractivity contribution in [1.29, 1.82) is 0 Å². The number of hydrogen-bond acceptors (Lipinski definition) is 8. The lowest BCUT2D eigenvalue weighted by Crippen LogP contribution is -2.38. The van der Waals surface area contributed by atoms with Crippen molar-refractivity contribution in [3.63, 3.8) is 0 Å². The highest BCUT2D eigenvalue weighted by molar-refractivity contribution is 5.96. The predicted octanol–water partition coefficient (Wildman–Crippen LogP) is 4.02. The summed E-state index contributed by atoms with van der Waals surface area (Å²) < 4.78 is 13.8. The summed E-state index contributed by atoms with van der Waals surface area (Å²) in [6, 6.07) is 9.73. The maximum absolute atomic E-state index is 10.1. The molecule has 5 heterocycles. The van der Waals surface area contributed by atoms with E-state index in [-0.39, 0.29) is 12.7 Å². The molecular formula is C30H32N6O3. The zero-order chi connectivity index (χ0) is 27.4. The molecule has 9 nitrogen and oxygen atoms in total. The van der Waals surface area contributed by atoms with E-state index in [2.05, 4.69) is 32.0 Å². The smallest absolute Gasteiger partial charge is 0.138 e. The average molecular weight is 525 g/mol. The number of fused-ring (bicyclic) bond motifs is 1. The summed E-state index contributed by atoms with van der Waals surface area (Å²) in [7, 11) is 1.74. The molecule has 0 aliphatic carbocycles. The summed E-state index contributed by atoms with van der Waals surface area (Å²) in [4.78, 5) is 15.5. The van der Waals surface area contributed by atoms with E-state index in [1.165, 1.54) is 0 Å². The third-order valence-electron chi connectivity index (χ3n) is 6.49. The number of hydrogen-bond donors (Lipinski definition) is 1. The molecular weight excluding hydrogens is 492 g/mol. The van der Waals surface area contributed by atoms with Gasteiger partial charge in [-0.05, 0) is 44.2 Å². The van der Waals surface area contributed by atoms with Crippen molar-refractivity contribution < 1.29 is 14.6 Å². The lowest BCUT2D eigenvalue weighted by molar-refractivity contribution is 0.0283. The number of piperidine rings is 1. The van der Waals surface area contributed by atoms with E-state index in [1.54, 1.807) is 50.1 Å². The van der Waals surface area contributed by atoms with Gasteiger partial charge in [-0.3, -0.25) is 4.99 Å². The Balaban J connectivity index is 1.32. The lowest BCUT2D eigenvalue weighted by Gasteiger charge is -2.33. The fourth-order valence-electron chi connectivity index (χ4n) is 4.58. The van der Waals surface area contributed by atoms with Crippen LogP contribution in [0.2, 0.25) is 0 Å². The van der Waals surface area contributed by atoms with Gasteiger partial charge in [0.15, 0.2) is 0 Å². The first kappa shape index (κ1) is 26.2. The summed E-state index contributed by atoms with van der Waals surface area (Å²) in [6.07, 6.45) is 16.2. The zero-order valence-corrected chi connectivity index (χ0v) is 22.4. The Morgan fingerprint density at radius 2 is 1.95 bits per heavy atom. The fourth-order valence-corrected chi connectivity index (χ4v) is 4.58. The molecule has 0 saturated carbocycles. The first-order valence-electron chi connectivity index (χ1n) is 12.9. The quantitative estimate of drug-likeness (QED) is 0.275. The van der Waals surface area contributed by atoms with E-state index < -0.39 is 5.60 Å². The molecule has 1 fully saturated rings. The Hall–Kier alpha value is -4.42. The first-order chi connectivity index (χ1) is 18.8. The number of anilines is 1. The number of aliphatic hydroxyl groups is 1.